The van der Waals surface area contributed by atoms with Gasteiger partial charge >= 0.3 is 0 Å². The fraction of sp³-hybridized carbons (Fsp3) is 0.250. The van der Waals surface area contributed by atoms with E-state index in [1.54, 1.807) is 18.5 Å². The Balaban J connectivity index is 2.09. The van der Waals surface area contributed by atoms with Crippen molar-refractivity contribution in [1.82, 2.24) is 14.8 Å². The highest BCUT2D eigenvalue weighted by atomic mass is 35.5. The Labute approximate surface area is 135 Å². The number of nitro groups is 1. The maximum absolute atomic E-state index is 12.2. The van der Waals surface area contributed by atoms with Crippen LogP contribution in [0, 0.1) is 10.1 Å². The topological polar surface area (TPSA) is 103 Å². The van der Waals surface area contributed by atoms with Gasteiger partial charge in [-0.05, 0) is 13.0 Å². The van der Waals surface area contributed by atoms with Gasteiger partial charge in [0.15, 0.2) is 5.16 Å². The first-order valence-electron chi connectivity index (χ1n) is 6.14. The van der Waals surface area contributed by atoms with Gasteiger partial charge in [0, 0.05) is 19.2 Å². The van der Waals surface area contributed by atoms with E-state index < -0.39 is 10.2 Å². The normalized spacial score (nSPS) is 12.0. The lowest BCUT2D eigenvalue weighted by molar-refractivity contribution is -0.384. The predicted molar refractivity (Wildman–Crippen MR) is 83.1 cm³/mol. The van der Waals surface area contributed by atoms with Crippen molar-refractivity contribution in [2.75, 3.05) is 5.32 Å². The van der Waals surface area contributed by atoms with E-state index in [0.717, 1.165) is 0 Å². The number of nitro benzene ring substituents is 1. The Morgan fingerprint density at radius 3 is 2.86 bits per heavy atom. The number of anilines is 1. The molecule has 0 aliphatic rings. The van der Waals surface area contributed by atoms with Gasteiger partial charge in [0.05, 0.1) is 20.9 Å². The van der Waals surface area contributed by atoms with E-state index in [2.05, 4.69) is 15.5 Å². The third kappa shape index (κ3) is 3.74. The van der Waals surface area contributed by atoms with Crippen LogP contribution >= 0.6 is 23.4 Å². The van der Waals surface area contributed by atoms with Crippen molar-refractivity contribution >= 4 is 40.6 Å². The molecule has 1 unspecified atom stereocenters. The van der Waals surface area contributed by atoms with Gasteiger partial charge in [0.25, 0.3) is 5.69 Å². The third-order valence-corrected chi connectivity index (χ3v) is 4.22. The maximum Gasteiger partial charge on any atom is 0.271 e. The van der Waals surface area contributed by atoms with Crippen LogP contribution in [0.25, 0.3) is 0 Å². The largest absolute Gasteiger partial charge is 0.324 e. The van der Waals surface area contributed by atoms with Crippen LogP contribution in [0.15, 0.2) is 29.7 Å². The summed E-state index contributed by atoms with van der Waals surface area (Å²) >= 11 is 7.17. The number of rotatable bonds is 5. The molecule has 1 aromatic carbocycles. The number of hydrogen-bond acceptors (Lipinski definition) is 6. The van der Waals surface area contributed by atoms with E-state index in [-0.39, 0.29) is 22.3 Å². The van der Waals surface area contributed by atoms with E-state index in [0.29, 0.717) is 5.16 Å². The molecule has 0 aliphatic carbocycles. The second-order valence-electron chi connectivity index (χ2n) is 4.40. The first-order chi connectivity index (χ1) is 10.4. The molecule has 1 amide bonds. The number of nitrogens with one attached hydrogen (secondary N) is 1. The van der Waals surface area contributed by atoms with E-state index in [9.17, 15) is 14.9 Å². The van der Waals surface area contributed by atoms with Crippen molar-refractivity contribution < 1.29 is 9.72 Å². The summed E-state index contributed by atoms with van der Waals surface area (Å²) in [4.78, 5) is 22.4. The fourth-order valence-electron chi connectivity index (χ4n) is 1.55. The minimum atomic E-state index is -0.552. The van der Waals surface area contributed by atoms with Crippen LogP contribution in [0.5, 0.6) is 0 Å². The van der Waals surface area contributed by atoms with Gasteiger partial charge < -0.3 is 9.88 Å². The van der Waals surface area contributed by atoms with Crippen LogP contribution in [0.2, 0.25) is 5.02 Å². The predicted octanol–water partition coefficient (Wildman–Crippen LogP) is 2.50. The first kappa shape index (κ1) is 16.2. The lowest BCUT2D eigenvalue weighted by atomic mass is 10.2. The molecule has 0 saturated carbocycles. The van der Waals surface area contributed by atoms with Crippen molar-refractivity contribution in [3.8, 4) is 0 Å². The van der Waals surface area contributed by atoms with Gasteiger partial charge in [-0.3, -0.25) is 14.9 Å². The highest BCUT2D eigenvalue weighted by molar-refractivity contribution is 8.00. The molecule has 0 radical (unpaired) electrons. The Morgan fingerprint density at radius 1 is 1.55 bits per heavy atom. The molecule has 0 bridgehead atoms. The molecule has 8 nitrogen and oxygen atoms in total. The number of hydrogen-bond donors (Lipinski definition) is 1. The molecule has 0 saturated heterocycles. The molecule has 0 fully saturated rings. The molecule has 116 valence electrons. The summed E-state index contributed by atoms with van der Waals surface area (Å²) in [5.74, 6) is -0.338. The third-order valence-electron chi connectivity index (χ3n) is 2.74. The molecule has 0 aliphatic heterocycles. The van der Waals surface area contributed by atoms with Crippen molar-refractivity contribution in [2.24, 2.45) is 7.05 Å². The van der Waals surface area contributed by atoms with Crippen molar-refractivity contribution in [2.45, 2.75) is 17.3 Å². The van der Waals surface area contributed by atoms with E-state index >= 15 is 0 Å². The SMILES string of the molecule is CC(Sc1nncn1C)C(=O)Nc1cc([N+](=O)[O-])ccc1Cl. The Morgan fingerprint density at radius 2 is 2.27 bits per heavy atom. The summed E-state index contributed by atoms with van der Waals surface area (Å²) in [5.41, 5.74) is 0.0552. The zero-order valence-corrected chi connectivity index (χ0v) is 13.3. The molecular formula is C12H12ClN5O3S. The number of aryl methyl sites for hydroxylation is 1. The molecule has 0 spiro atoms. The highest BCUT2D eigenvalue weighted by Gasteiger charge is 2.19. The lowest BCUT2D eigenvalue weighted by Crippen LogP contribution is -2.23. The second kappa shape index (κ2) is 6.75. The van der Waals surface area contributed by atoms with Crippen LogP contribution in [0.4, 0.5) is 11.4 Å². The summed E-state index contributed by atoms with van der Waals surface area (Å²) in [5, 5.41) is 21.3. The van der Waals surface area contributed by atoms with E-state index in [4.69, 9.17) is 11.6 Å². The Hall–Kier alpha value is -2.13. The number of thioether (sulfide) groups is 1. The number of non-ortho nitro benzene ring substituents is 1. The monoisotopic (exact) mass is 341 g/mol. The van der Waals surface area contributed by atoms with Gasteiger partial charge in [0.2, 0.25) is 5.91 Å². The number of aromatic nitrogens is 3. The second-order valence-corrected chi connectivity index (χ2v) is 6.11. The average Bonchev–Trinajstić information content (AvgIpc) is 2.86. The maximum atomic E-state index is 12.2. The minimum Gasteiger partial charge on any atom is -0.324 e. The zero-order valence-electron chi connectivity index (χ0n) is 11.7. The van der Waals surface area contributed by atoms with Crippen LogP contribution in [0.3, 0.4) is 0 Å². The standard InChI is InChI=1S/C12H12ClN5O3S/c1-7(22-12-16-14-6-17(12)2)11(19)15-10-5-8(18(20)21)3-4-9(10)13/h3-7H,1-2H3,(H,15,19). The molecule has 2 aromatic rings. The van der Waals surface area contributed by atoms with Gasteiger partial charge in [0.1, 0.15) is 6.33 Å². The van der Waals surface area contributed by atoms with Crippen molar-refractivity contribution in [3.63, 3.8) is 0 Å². The number of carbonyl (C=O) groups excluding carboxylic acids is 1. The lowest BCUT2D eigenvalue weighted by Gasteiger charge is -2.12. The van der Waals surface area contributed by atoms with E-state index in [1.165, 1.54) is 36.3 Å². The number of amides is 1. The average molecular weight is 342 g/mol. The quantitative estimate of drug-likeness (QED) is 0.509. The number of benzene rings is 1. The van der Waals surface area contributed by atoms with Crippen LogP contribution in [-0.4, -0.2) is 30.8 Å². The van der Waals surface area contributed by atoms with E-state index in [1.807, 2.05) is 0 Å². The highest BCUT2D eigenvalue weighted by Crippen LogP contribution is 2.28. The summed E-state index contributed by atoms with van der Waals surface area (Å²) in [6.45, 7) is 1.69. The number of halogens is 1. The summed E-state index contributed by atoms with van der Waals surface area (Å²) in [7, 11) is 1.77. The fourth-order valence-corrected chi connectivity index (χ4v) is 2.50. The van der Waals surface area contributed by atoms with Crippen molar-refractivity contribution in [3.05, 3.63) is 39.7 Å². The zero-order chi connectivity index (χ0) is 16.3. The molecule has 2 rings (SSSR count). The summed E-state index contributed by atoms with van der Waals surface area (Å²) in [6.07, 6.45) is 1.53. The molecule has 22 heavy (non-hydrogen) atoms. The minimum absolute atomic E-state index is 0.145. The van der Waals surface area contributed by atoms with Gasteiger partial charge in [-0.2, -0.15) is 0 Å². The Kier molecular flexibility index (Phi) is 4.99. The summed E-state index contributed by atoms with van der Waals surface area (Å²) < 4.78 is 1.69. The molecule has 1 aromatic heterocycles. The number of nitrogens with zero attached hydrogens (tertiary/aromatic N) is 4. The smallest absolute Gasteiger partial charge is 0.271 e. The van der Waals surface area contributed by atoms with Crippen LogP contribution in [0.1, 0.15) is 6.92 Å². The van der Waals surface area contributed by atoms with Crippen LogP contribution in [-0.2, 0) is 11.8 Å². The Bertz CT molecular complexity index is 721. The van der Waals surface area contributed by atoms with Crippen molar-refractivity contribution in [1.29, 1.82) is 0 Å². The van der Waals surface area contributed by atoms with Gasteiger partial charge in [-0.25, -0.2) is 0 Å². The van der Waals surface area contributed by atoms with Gasteiger partial charge in [-0.15, -0.1) is 10.2 Å². The molecule has 1 heterocycles. The molecular weight excluding hydrogens is 330 g/mol. The van der Waals surface area contributed by atoms with Crippen LogP contribution < -0.4 is 5.32 Å². The first-order valence-corrected chi connectivity index (χ1v) is 7.39. The molecule has 1 atom stereocenters. The molecule has 10 heteroatoms. The molecule has 1 N–H and O–H groups in total. The number of carbonyl (C=O) groups is 1. The summed E-state index contributed by atoms with van der Waals surface area (Å²) in [6, 6.07) is 3.87. The van der Waals surface area contributed by atoms with Gasteiger partial charge in [-0.1, -0.05) is 23.4 Å².